The first-order chi connectivity index (χ1) is 4.74. The molecule has 1 N–H and O–H groups in total. The highest BCUT2D eigenvalue weighted by Crippen LogP contribution is 2.05. The number of hydrogen-bond acceptors (Lipinski definition) is 3. The zero-order valence-corrected chi connectivity index (χ0v) is 6.83. The van der Waals surface area contributed by atoms with E-state index in [1.54, 1.807) is 7.11 Å². The number of ether oxygens (including phenoxy) is 2. The van der Waals surface area contributed by atoms with Gasteiger partial charge in [-0.25, -0.2) is 0 Å². The third-order valence-electron chi connectivity index (χ3n) is 1.53. The number of methoxy groups -OCH3 is 2. The van der Waals surface area contributed by atoms with Crippen LogP contribution in [0.4, 0.5) is 0 Å². The molecule has 2 unspecified atom stereocenters. The van der Waals surface area contributed by atoms with Gasteiger partial charge in [0.2, 0.25) is 0 Å². The highest BCUT2D eigenvalue weighted by atomic mass is 16.6. The molecule has 0 aromatic carbocycles. The van der Waals surface area contributed by atoms with Crippen molar-refractivity contribution in [2.24, 2.45) is 0 Å². The standard InChI is InChI=1S/C7H16O3/c1-4-6(9-2)5-7(8)10-3/h6-8H,4-5H2,1-3H3. The maximum atomic E-state index is 8.99. The topological polar surface area (TPSA) is 38.7 Å². The molecule has 0 amide bonds. The van der Waals surface area contributed by atoms with Gasteiger partial charge in [0, 0.05) is 20.6 Å². The van der Waals surface area contributed by atoms with E-state index < -0.39 is 6.29 Å². The Kier molecular flexibility index (Phi) is 5.58. The van der Waals surface area contributed by atoms with Crippen molar-refractivity contribution in [2.75, 3.05) is 14.2 Å². The van der Waals surface area contributed by atoms with Crippen molar-refractivity contribution in [2.45, 2.75) is 32.2 Å². The molecule has 0 heterocycles. The summed E-state index contributed by atoms with van der Waals surface area (Å²) in [5, 5.41) is 8.99. The molecule has 0 aliphatic carbocycles. The van der Waals surface area contributed by atoms with Gasteiger partial charge in [0.25, 0.3) is 0 Å². The normalized spacial score (nSPS) is 16.8. The third kappa shape index (κ3) is 3.82. The fourth-order valence-corrected chi connectivity index (χ4v) is 0.751. The fourth-order valence-electron chi connectivity index (χ4n) is 0.751. The molecular formula is C7H16O3. The van der Waals surface area contributed by atoms with Gasteiger partial charge >= 0.3 is 0 Å². The Morgan fingerprint density at radius 1 is 1.30 bits per heavy atom. The van der Waals surface area contributed by atoms with E-state index in [1.807, 2.05) is 6.92 Å². The zero-order chi connectivity index (χ0) is 7.98. The van der Waals surface area contributed by atoms with Gasteiger partial charge in [0.05, 0.1) is 6.10 Å². The van der Waals surface area contributed by atoms with Crippen LogP contribution in [0.1, 0.15) is 19.8 Å². The highest BCUT2D eigenvalue weighted by Gasteiger charge is 2.10. The van der Waals surface area contributed by atoms with Gasteiger partial charge in [0.1, 0.15) is 0 Å². The summed E-state index contributed by atoms with van der Waals surface area (Å²) in [5.74, 6) is 0. The molecule has 0 fully saturated rings. The minimum Gasteiger partial charge on any atom is -0.381 e. The molecule has 0 aliphatic heterocycles. The molecule has 3 nitrogen and oxygen atoms in total. The van der Waals surface area contributed by atoms with Crippen molar-refractivity contribution in [3.8, 4) is 0 Å². The Bertz CT molecular complexity index is 71.3. The van der Waals surface area contributed by atoms with Crippen molar-refractivity contribution in [1.29, 1.82) is 0 Å². The number of hydrogen-bond donors (Lipinski definition) is 1. The molecule has 0 aromatic heterocycles. The fraction of sp³-hybridized carbons (Fsp3) is 1.00. The number of rotatable bonds is 5. The van der Waals surface area contributed by atoms with Crippen LogP contribution in [0.2, 0.25) is 0 Å². The predicted molar refractivity (Wildman–Crippen MR) is 38.7 cm³/mol. The van der Waals surface area contributed by atoms with E-state index >= 15 is 0 Å². The molecule has 2 atom stereocenters. The van der Waals surface area contributed by atoms with Crippen LogP contribution in [0.15, 0.2) is 0 Å². The lowest BCUT2D eigenvalue weighted by Gasteiger charge is -2.15. The molecule has 0 spiro atoms. The van der Waals surface area contributed by atoms with Gasteiger partial charge in [-0.1, -0.05) is 6.92 Å². The average Bonchev–Trinajstić information content (AvgIpc) is 1.99. The molecule has 0 aliphatic rings. The minimum atomic E-state index is -0.690. The molecule has 62 valence electrons. The molecule has 0 aromatic rings. The average molecular weight is 148 g/mol. The van der Waals surface area contributed by atoms with E-state index in [-0.39, 0.29) is 6.10 Å². The van der Waals surface area contributed by atoms with Gasteiger partial charge < -0.3 is 14.6 Å². The Morgan fingerprint density at radius 3 is 2.20 bits per heavy atom. The van der Waals surface area contributed by atoms with Crippen LogP contribution in [0, 0.1) is 0 Å². The molecule has 0 saturated carbocycles. The van der Waals surface area contributed by atoms with E-state index in [4.69, 9.17) is 9.84 Å². The summed E-state index contributed by atoms with van der Waals surface area (Å²) in [7, 11) is 3.11. The van der Waals surface area contributed by atoms with Gasteiger partial charge in [-0.05, 0) is 6.42 Å². The van der Waals surface area contributed by atoms with Crippen molar-refractivity contribution < 1.29 is 14.6 Å². The molecule has 3 heteroatoms. The zero-order valence-electron chi connectivity index (χ0n) is 6.83. The SMILES string of the molecule is CCC(CC(O)OC)OC. The second kappa shape index (κ2) is 5.65. The lowest BCUT2D eigenvalue weighted by molar-refractivity contribution is -0.103. The van der Waals surface area contributed by atoms with Crippen LogP contribution in [-0.4, -0.2) is 31.7 Å². The summed E-state index contributed by atoms with van der Waals surface area (Å²) < 4.78 is 9.69. The Morgan fingerprint density at radius 2 is 1.90 bits per heavy atom. The maximum Gasteiger partial charge on any atom is 0.156 e. The summed E-state index contributed by atoms with van der Waals surface area (Å²) in [6.07, 6.45) is 0.861. The second-order valence-electron chi connectivity index (χ2n) is 2.19. The number of aliphatic hydroxyl groups is 1. The molecule has 0 rings (SSSR count). The van der Waals surface area contributed by atoms with Crippen molar-refractivity contribution in [1.82, 2.24) is 0 Å². The first kappa shape index (κ1) is 9.88. The summed E-state index contributed by atoms with van der Waals surface area (Å²) >= 11 is 0. The summed E-state index contributed by atoms with van der Waals surface area (Å²) in [6.45, 7) is 2.01. The lowest BCUT2D eigenvalue weighted by atomic mass is 10.2. The van der Waals surface area contributed by atoms with E-state index in [2.05, 4.69) is 4.74 Å². The number of aliphatic hydroxyl groups excluding tert-OH is 1. The molecular weight excluding hydrogens is 132 g/mol. The highest BCUT2D eigenvalue weighted by molar-refractivity contribution is 4.55. The van der Waals surface area contributed by atoms with Crippen LogP contribution in [-0.2, 0) is 9.47 Å². The molecule has 0 bridgehead atoms. The molecule has 10 heavy (non-hydrogen) atoms. The van der Waals surface area contributed by atoms with Gasteiger partial charge in [-0.2, -0.15) is 0 Å². The minimum absolute atomic E-state index is 0.106. The monoisotopic (exact) mass is 148 g/mol. The van der Waals surface area contributed by atoms with E-state index in [1.165, 1.54) is 7.11 Å². The van der Waals surface area contributed by atoms with E-state index in [0.717, 1.165) is 6.42 Å². The van der Waals surface area contributed by atoms with Crippen molar-refractivity contribution in [3.05, 3.63) is 0 Å². The second-order valence-corrected chi connectivity index (χ2v) is 2.19. The van der Waals surface area contributed by atoms with Crippen molar-refractivity contribution in [3.63, 3.8) is 0 Å². The van der Waals surface area contributed by atoms with Crippen LogP contribution in [0.25, 0.3) is 0 Å². The summed E-state index contributed by atoms with van der Waals surface area (Å²) in [5.41, 5.74) is 0. The van der Waals surface area contributed by atoms with E-state index in [9.17, 15) is 0 Å². The Balaban J connectivity index is 3.41. The van der Waals surface area contributed by atoms with Crippen LogP contribution in [0.3, 0.4) is 0 Å². The first-order valence-electron chi connectivity index (χ1n) is 3.48. The summed E-state index contributed by atoms with van der Waals surface area (Å²) in [4.78, 5) is 0. The van der Waals surface area contributed by atoms with Crippen LogP contribution in [0.5, 0.6) is 0 Å². The van der Waals surface area contributed by atoms with E-state index in [0.29, 0.717) is 6.42 Å². The third-order valence-corrected chi connectivity index (χ3v) is 1.53. The molecule has 0 saturated heterocycles. The molecule has 0 radical (unpaired) electrons. The van der Waals surface area contributed by atoms with Crippen molar-refractivity contribution >= 4 is 0 Å². The van der Waals surface area contributed by atoms with Crippen LogP contribution < -0.4 is 0 Å². The lowest BCUT2D eigenvalue weighted by Crippen LogP contribution is -2.20. The van der Waals surface area contributed by atoms with Gasteiger partial charge in [0.15, 0.2) is 6.29 Å². The first-order valence-corrected chi connectivity index (χ1v) is 3.48. The Labute approximate surface area is 62.0 Å². The summed E-state index contributed by atoms with van der Waals surface area (Å²) in [6, 6.07) is 0. The van der Waals surface area contributed by atoms with Crippen LogP contribution >= 0.6 is 0 Å². The smallest absolute Gasteiger partial charge is 0.156 e. The largest absolute Gasteiger partial charge is 0.381 e. The van der Waals surface area contributed by atoms with Gasteiger partial charge in [-0.3, -0.25) is 0 Å². The predicted octanol–water partition coefficient (Wildman–Crippen LogP) is 0.766. The quantitative estimate of drug-likeness (QED) is 0.585. The maximum absolute atomic E-state index is 8.99. The Hall–Kier alpha value is -0.120. The van der Waals surface area contributed by atoms with Gasteiger partial charge in [-0.15, -0.1) is 0 Å².